The molecule has 0 saturated heterocycles. The van der Waals surface area contributed by atoms with Crippen molar-refractivity contribution in [2.45, 2.75) is 98.7 Å². The monoisotopic (exact) mass is 556 g/mol. The van der Waals surface area contributed by atoms with E-state index < -0.39 is 52.5 Å². The van der Waals surface area contributed by atoms with E-state index in [1.54, 1.807) is 13.0 Å². The van der Waals surface area contributed by atoms with Gasteiger partial charge in [-0.15, -0.1) is 0 Å². The third-order valence-electron chi connectivity index (χ3n) is 8.58. The van der Waals surface area contributed by atoms with E-state index in [0.29, 0.717) is 38.5 Å². The number of esters is 2. The molecule has 3 rings (SSSR count). The minimum absolute atomic E-state index is 0.00511. The molecule has 1 unspecified atom stereocenters. The highest BCUT2D eigenvalue weighted by Crippen LogP contribution is 2.61. The number of ether oxygens (including phenoxy) is 2. The van der Waals surface area contributed by atoms with E-state index in [-0.39, 0.29) is 34.0 Å². The normalized spacial score (nSPS) is 30.1. The standard InChI is InChI=1S/C31H40O9/c1-16(2)10-8-11-20(29(36)37)12-9-14-30(6)21-13-15-31(7,38)23(21)28(40-19(5)33)22-24(30)26(35)27(39-18(4)32)17(3)25(22)34/h10,12,21,23,28,38H,8-9,11,13-15H2,1-7H3,(H,36,37)/b20-12-/t21-,23-,28+,30+,31?/m1/s1. The van der Waals surface area contributed by atoms with Gasteiger partial charge in [0.2, 0.25) is 5.78 Å². The van der Waals surface area contributed by atoms with Crippen molar-refractivity contribution in [3.05, 3.63) is 45.8 Å². The highest BCUT2D eigenvalue weighted by atomic mass is 16.5. The summed E-state index contributed by atoms with van der Waals surface area (Å²) in [5, 5.41) is 21.2. The van der Waals surface area contributed by atoms with Gasteiger partial charge in [-0.3, -0.25) is 19.2 Å². The lowest BCUT2D eigenvalue weighted by Crippen LogP contribution is -2.55. The number of hydrogen-bond donors (Lipinski definition) is 2. The lowest BCUT2D eigenvalue weighted by atomic mass is 9.54. The summed E-state index contributed by atoms with van der Waals surface area (Å²) in [6, 6.07) is 0. The summed E-state index contributed by atoms with van der Waals surface area (Å²) in [4.78, 5) is 63.7. The predicted molar refractivity (Wildman–Crippen MR) is 146 cm³/mol. The highest BCUT2D eigenvalue weighted by molar-refractivity contribution is 6.26. The second-order valence-corrected chi connectivity index (χ2v) is 11.9. The fourth-order valence-corrected chi connectivity index (χ4v) is 6.75. The summed E-state index contributed by atoms with van der Waals surface area (Å²) in [6.07, 6.45) is 4.82. The van der Waals surface area contributed by atoms with Crippen LogP contribution in [0.15, 0.2) is 45.8 Å². The van der Waals surface area contributed by atoms with E-state index in [1.165, 1.54) is 13.8 Å². The van der Waals surface area contributed by atoms with Gasteiger partial charge in [-0.05, 0) is 72.1 Å². The van der Waals surface area contributed by atoms with E-state index in [0.717, 1.165) is 12.5 Å². The van der Waals surface area contributed by atoms with Gasteiger partial charge in [0.25, 0.3) is 0 Å². The summed E-state index contributed by atoms with van der Waals surface area (Å²) in [7, 11) is 0. The molecule has 3 aliphatic carbocycles. The molecule has 9 nitrogen and oxygen atoms in total. The van der Waals surface area contributed by atoms with Crippen molar-refractivity contribution in [2.24, 2.45) is 17.3 Å². The molecule has 3 aliphatic rings. The molecular formula is C31H40O9. The summed E-state index contributed by atoms with van der Waals surface area (Å²) in [5.74, 6) is -5.01. The molecule has 40 heavy (non-hydrogen) atoms. The number of carboxylic acids is 1. The SMILES string of the molecule is CC(=O)OC1=C(C)C(=O)C2=C(C1=O)[C@@](C)(CC/C=C(/CCC=C(C)C)C(=O)O)[C@@H]1CCC(C)(O)[C@H]1[C@H]2OC(C)=O. The Morgan fingerprint density at radius 1 is 1.00 bits per heavy atom. The number of ketones is 2. The van der Waals surface area contributed by atoms with Crippen LogP contribution in [0.4, 0.5) is 0 Å². The topological polar surface area (TPSA) is 144 Å². The van der Waals surface area contributed by atoms with Crippen molar-refractivity contribution in [2.75, 3.05) is 0 Å². The number of carbonyl (C=O) groups is 5. The lowest BCUT2D eigenvalue weighted by Gasteiger charge is -2.51. The molecule has 1 fully saturated rings. The molecule has 0 aromatic heterocycles. The number of carboxylic acid groups (broad SMARTS) is 1. The van der Waals surface area contributed by atoms with Gasteiger partial charge in [0.05, 0.1) is 5.60 Å². The Morgan fingerprint density at radius 3 is 2.20 bits per heavy atom. The largest absolute Gasteiger partial charge is 0.478 e. The van der Waals surface area contributed by atoms with E-state index in [9.17, 15) is 34.2 Å². The van der Waals surface area contributed by atoms with Crippen LogP contribution in [0.2, 0.25) is 0 Å². The fraction of sp³-hybridized carbons (Fsp3) is 0.581. The van der Waals surface area contributed by atoms with Gasteiger partial charge in [-0.25, -0.2) is 4.79 Å². The van der Waals surface area contributed by atoms with E-state index in [1.807, 2.05) is 26.8 Å². The van der Waals surface area contributed by atoms with E-state index in [2.05, 4.69) is 0 Å². The maximum Gasteiger partial charge on any atom is 0.331 e. The van der Waals surface area contributed by atoms with Crippen LogP contribution in [0.1, 0.15) is 87.0 Å². The molecule has 5 atom stereocenters. The smallest absolute Gasteiger partial charge is 0.331 e. The number of allylic oxidation sites excluding steroid dienone is 5. The lowest BCUT2D eigenvalue weighted by molar-refractivity contribution is -0.157. The first kappa shape index (κ1) is 31.2. The molecular weight excluding hydrogens is 516 g/mol. The maximum absolute atomic E-state index is 14.0. The minimum Gasteiger partial charge on any atom is -0.478 e. The average molecular weight is 557 g/mol. The van der Waals surface area contributed by atoms with Gasteiger partial charge in [0.1, 0.15) is 6.10 Å². The number of fused-ring (bicyclic) bond motifs is 1. The van der Waals surface area contributed by atoms with Crippen LogP contribution in [0.5, 0.6) is 0 Å². The molecule has 0 bridgehead atoms. The quantitative estimate of drug-likeness (QED) is 0.181. The molecule has 0 radical (unpaired) electrons. The number of aliphatic hydroxyl groups is 1. The van der Waals surface area contributed by atoms with Crippen LogP contribution in [0.3, 0.4) is 0 Å². The molecule has 1 saturated carbocycles. The fourth-order valence-electron chi connectivity index (χ4n) is 6.75. The Balaban J connectivity index is 2.16. The Labute approximate surface area is 235 Å². The molecule has 2 N–H and O–H groups in total. The summed E-state index contributed by atoms with van der Waals surface area (Å²) in [6.45, 7) is 11.1. The Hall–Kier alpha value is -3.33. The molecule has 218 valence electrons. The molecule has 0 aromatic carbocycles. The Morgan fingerprint density at radius 2 is 1.65 bits per heavy atom. The number of rotatable bonds is 9. The number of carbonyl (C=O) groups excluding carboxylic acids is 4. The van der Waals surface area contributed by atoms with Gasteiger partial charge < -0.3 is 19.7 Å². The zero-order valence-corrected chi connectivity index (χ0v) is 24.4. The van der Waals surface area contributed by atoms with E-state index in [4.69, 9.17) is 9.47 Å². The average Bonchev–Trinajstić information content (AvgIpc) is 3.16. The zero-order chi connectivity index (χ0) is 30.2. The van der Waals surface area contributed by atoms with Crippen LogP contribution in [0, 0.1) is 17.3 Å². The predicted octanol–water partition coefficient (Wildman–Crippen LogP) is 4.54. The van der Waals surface area contributed by atoms with Crippen LogP contribution < -0.4 is 0 Å². The molecule has 0 aliphatic heterocycles. The second kappa shape index (κ2) is 11.6. The van der Waals surface area contributed by atoms with Crippen molar-refractivity contribution in [1.82, 2.24) is 0 Å². The Bertz CT molecular complexity index is 1260. The maximum atomic E-state index is 14.0. The number of hydrogen-bond acceptors (Lipinski definition) is 8. The third kappa shape index (κ3) is 5.89. The number of Topliss-reactive ketones (excluding diaryl/α,β-unsaturated/α-hetero) is 2. The first-order chi connectivity index (χ1) is 18.5. The van der Waals surface area contributed by atoms with Gasteiger partial charge >= 0.3 is 17.9 Å². The molecule has 0 spiro atoms. The highest BCUT2D eigenvalue weighted by Gasteiger charge is 2.63. The molecule has 0 heterocycles. The second-order valence-electron chi connectivity index (χ2n) is 11.9. The van der Waals surface area contributed by atoms with Gasteiger partial charge in [0, 0.05) is 47.5 Å². The molecule has 0 amide bonds. The first-order valence-electron chi connectivity index (χ1n) is 13.7. The van der Waals surface area contributed by atoms with Gasteiger partial charge in [-0.2, -0.15) is 0 Å². The van der Waals surface area contributed by atoms with Gasteiger partial charge in [-0.1, -0.05) is 24.6 Å². The van der Waals surface area contributed by atoms with Gasteiger partial charge in [0.15, 0.2) is 11.5 Å². The van der Waals surface area contributed by atoms with Crippen molar-refractivity contribution in [3.8, 4) is 0 Å². The van der Waals surface area contributed by atoms with Crippen LogP contribution in [0.25, 0.3) is 0 Å². The van der Waals surface area contributed by atoms with Crippen molar-refractivity contribution >= 4 is 29.5 Å². The van der Waals surface area contributed by atoms with Crippen LogP contribution >= 0.6 is 0 Å². The first-order valence-corrected chi connectivity index (χ1v) is 13.7. The minimum atomic E-state index is -1.28. The third-order valence-corrected chi connectivity index (χ3v) is 8.58. The number of aliphatic carboxylic acids is 1. The van der Waals surface area contributed by atoms with E-state index >= 15 is 0 Å². The molecule has 0 aromatic rings. The van der Waals surface area contributed by atoms with Crippen molar-refractivity contribution in [1.29, 1.82) is 0 Å². The summed E-state index contributed by atoms with van der Waals surface area (Å²) in [5.41, 5.74) is -0.898. The summed E-state index contributed by atoms with van der Waals surface area (Å²) >= 11 is 0. The summed E-state index contributed by atoms with van der Waals surface area (Å²) < 4.78 is 10.9. The van der Waals surface area contributed by atoms with Crippen molar-refractivity contribution in [3.63, 3.8) is 0 Å². The molecule has 9 heteroatoms. The van der Waals surface area contributed by atoms with Crippen LogP contribution in [-0.2, 0) is 33.4 Å². The van der Waals surface area contributed by atoms with Crippen LogP contribution in [-0.4, -0.2) is 51.4 Å². The zero-order valence-electron chi connectivity index (χ0n) is 24.4. The van der Waals surface area contributed by atoms with Crippen molar-refractivity contribution < 1.29 is 43.7 Å². The Kier molecular flexibility index (Phi) is 9.09.